The van der Waals surface area contributed by atoms with E-state index < -0.39 is 0 Å². The van der Waals surface area contributed by atoms with Crippen LogP contribution in [0.3, 0.4) is 0 Å². The molecule has 2 rings (SSSR count). The molecule has 2 aromatic rings. The fourth-order valence-electron chi connectivity index (χ4n) is 1.23. The normalized spacial score (nSPS) is 11.0. The highest BCUT2D eigenvalue weighted by atomic mass is 79.9. The Kier molecular flexibility index (Phi) is 2.09. The monoisotopic (exact) mass is 241 g/mol. The van der Waals surface area contributed by atoms with E-state index in [1.807, 2.05) is 12.1 Å². The van der Waals surface area contributed by atoms with Crippen molar-refractivity contribution in [3.05, 3.63) is 28.1 Å². The maximum Gasteiger partial charge on any atom is 0.192 e. The van der Waals surface area contributed by atoms with Crippen molar-refractivity contribution in [3.63, 3.8) is 0 Å². The molecule has 3 nitrogen and oxygen atoms in total. The van der Waals surface area contributed by atoms with Gasteiger partial charge in [-0.25, -0.2) is 4.98 Å². The Balaban J connectivity index is 2.72. The average molecular weight is 242 g/mol. The van der Waals surface area contributed by atoms with Crippen molar-refractivity contribution in [2.75, 3.05) is 0 Å². The molecule has 4 heteroatoms. The Morgan fingerprint density at radius 1 is 1.54 bits per heavy atom. The second-order valence-corrected chi connectivity index (χ2v) is 3.66. The molecule has 0 aliphatic carbocycles. The van der Waals surface area contributed by atoms with Gasteiger partial charge in [-0.05, 0) is 17.7 Å². The molecule has 0 fully saturated rings. The molecule has 0 aliphatic rings. The first-order valence-electron chi connectivity index (χ1n) is 3.87. The molecule has 0 bridgehead atoms. The molecular weight excluding hydrogens is 234 g/mol. The number of aliphatic hydroxyl groups excluding tert-OH is 1. The van der Waals surface area contributed by atoms with Crippen LogP contribution in [0.15, 0.2) is 21.0 Å². The number of rotatable bonds is 1. The van der Waals surface area contributed by atoms with E-state index >= 15 is 0 Å². The Morgan fingerprint density at radius 3 is 3.00 bits per heavy atom. The molecule has 0 radical (unpaired) electrons. The minimum absolute atomic E-state index is 0.00241. The van der Waals surface area contributed by atoms with Crippen LogP contribution < -0.4 is 0 Å². The lowest BCUT2D eigenvalue weighted by Gasteiger charge is -1.98. The second-order valence-electron chi connectivity index (χ2n) is 2.80. The van der Waals surface area contributed by atoms with E-state index in [2.05, 4.69) is 20.9 Å². The summed E-state index contributed by atoms with van der Waals surface area (Å²) in [4.78, 5) is 4.16. The first kappa shape index (κ1) is 8.72. The first-order chi connectivity index (χ1) is 6.20. The number of aromatic nitrogens is 1. The van der Waals surface area contributed by atoms with E-state index in [1.165, 1.54) is 0 Å². The zero-order valence-corrected chi connectivity index (χ0v) is 8.63. The van der Waals surface area contributed by atoms with Gasteiger partial charge in [-0.3, -0.25) is 0 Å². The molecular formula is C9H8BrNO2. The van der Waals surface area contributed by atoms with Gasteiger partial charge in [0.15, 0.2) is 11.5 Å². The Morgan fingerprint density at radius 2 is 2.31 bits per heavy atom. The quantitative estimate of drug-likeness (QED) is 0.835. The van der Waals surface area contributed by atoms with Crippen LogP contribution in [0.4, 0.5) is 0 Å². The zero-order valence-electron chi connectivity index (χ0n) is 7.04. The van der Waals surface area contributed by atoms with Crippen molar-refractivity contribution in [1.82, 2.24) is 4.98 Å². The van der Waals surface area contributed by atoms with Crippen LogP contribution in [0.5, 0.6) is 0 Å². The Labute approximate surface area is 83.5 Å². The predicted molar refractivity (Wildman–Crippen MR) is 52.4 cm³/mol. The molecule has 0 atom stereocenters. The number of halogens is 1. The summed E-state index contributed by atoms with van der Waals surface area (Å²) in [5, 5.41) is 9.00. The largest absolute Gasteiger partial charge is 0.441 e. The molecule has 0 unspecified atom stereocenters. The van der Waals surface area contributed by atoms with Crippen molar-refractivity contribution in [2.45, 2.75) is 13.5 Å². The summed E-state index contributed by atoms with van der Waals surface area (Å²) < 4.78 is 6.17. The van der Waals surface area contributed by atoms with Gasteiger partial charge in [0.25, 0.3) is 0 Å². The number of hydrogen-bond acceptors (Lipinski definition) is 3. The number of nitrogens with zero attached hydrogens (tertiary/aromatic N) is 1. The summed E-state index contributed by atoms with van der Waals surface area (Å²) in [6.07, 6.45) is 0. The summed E-state index contributed by atoms with van der Waals surface area (Å²) in [7, 11) is 0. The highest BCUT2D eigenvalue weighted by molar-refractivity contribution is 9.10. The number of hydrogen-bond donors (Lipinski definition) is 1. The minimum Gasteiger partial charge on any atom is -0.441 e. The minimum atomic E-state index is 0.00241. The third-order valence-electron chi connectivity index (χ3n) is 1.83. The summed E-state index contributed by atoms with van der Waals surface area (Å²) >= 11 is 3.34. The van der Waals surface area contributed by atoms with Crippen molar-refractivity contribution in [3.8, 4) is 0 Å². The van der Waals surface area contributed by atoms with Crippen molar-refractivity contribution in [2.24, 2.45) is 0 Å². The van der Waals surface area contributed by atoms with Gasteiger partial charge in [0.2, 0.25) is 0 Å². The van der Waals surface area contributed by atoms with E-state index in [9.17, 15) is 0 Å². The molecule has 0 aliphatic heterocycles. The molecule has 68 valence electrons. The fraction of sp³-hybridized carbons (Fsp3) is 0.222. The second kappa shape index (κ2) is 3.12. The molecule has 0 spiro atoms. The molecule has 1 aromatic carbocycles. The van der Waals surface area contributed by atoms with Gasteiger partial charge < -0.3 is 9.52 Å². The standard InChI is InChI=1S/C9H8BrNO2/c1-5-11-8-2-6(4-12)7(10)3-9(8)13-5/h2-3,12H,4H2,1H3. The number of aliphatic hydroxyl groups is 1. The third-order valence-corrected chi connectivity index (χ3v) is 2.57. The smallest absolute Gasteiger partial charge is 0.192 e. The lowest BCUT2D eigenvalue weighted by Crippen LogP contribution is -1.84. The van der Waals surface area contributed by atoms with E-state index in [0.717, 1.165) is 21.1 Å². The SMILES string of the molecule is Cc1nc2cc(CO)c(Br)cc2o1. The van der Waals surface area contributed by atoms with Crippen molar-refractivity contribution in [1.29, 1.82) is 0 Å². The lowest BCUT2D eigenvalue weighted by molar-refractivity contribution is 0.281. The third kappa shape index (κ3) is 1.47. The van der Waals surface area contributed by atoms with Crippen LogP contribution >= 0.6 is 15.9 Å². The van der Waals surface area contributed by atoms with Gasteiger partial charge in [-0.15, -0.1) is 0 Å². The summed E-state index contributed by atoms with van der Waals surface area (Å²) in [6.45, 7) is 1.80. The van der Waals surface area contributed by atoms with E-state index in [0.29, 0.717) is 5.89 Å². The van der Waals surface area contributed by atoms with Gasteiger partial charge in [-0.2, -0.15) is 0 Å². The maximum absolute atomic E-state index is 9.00. The van der Waals surface area contributed by atoms with E-state index in [-0.39, 0.29) is 6.61 Å². The summed E-state index contributed by atoms with van der Waals surface area (Å²) in [5.41, 5.74) is 2.34. The van der Waals surface area contributed by atoms with Crippen LogP contribution in [0.2, 0.25) is 0 Å². The van der Waals surface area contributed by atoms with Crippen LogP contribution in [0, 0.1) is 6.92 Å². The number of fused-ring (bicyclic) bond motifs is 1. The molecule has 0 amide bonds. The fourth-order valence-corrected chi connectivity index (χ4v) is 1.68. The zero-order chi connectivity index (χ0) is 9.42. The van der Waals surface area contributed by atoms with Gasteiger partial charge in [0, 0.05) is 11.4 Å². The topological polar surface area (TPSA) is 46.3 Å². The molecule has 1 N–H and O–H groups in total. The molecule has 0 saturated heterocycles. The van der Waals surface area contributed by atoms with Crippen LogP contribution in [0.25, 0.3) is 11.1 Å². The first-order valence-corrected chi connectivity index (χ1v) is 4.66. The molecule has 1 heterocycles. The maximum atomic E-state index is 9.00. The highest BCUT2D eigenvalue weighted by Crippen LogP contribution is 2.24. The number of benzene rings is 1. The summed E-state index contributed by atoms with van der Waals surface area (Å²) in [5.74, 6) is 0.636. The van der Waals surface area contributed by atoms with Crippen LogP contribution in [0.1, 0.15) is 11.5 Å². The van der Waals surface area contributed by atoms with E-state index in [1.54, 1.807) is 6.92 Å². The van der Waals surface area contributed by atoms with Crippen LogP contribution in [-0.2, 0) is 6.61 Å². The number of aryl methyl sites for hydroxylation is 1. The molecule has 13 heavy (non-hydrogen) atoms. The lowest BCUT2D eigenvalue weighted by atomic mass is 10.2. The highest BCUT2D eigenvalue weighted by Gasteiger charge is 2.06. The summed E-state index contributed by atoms with van der Waals surface area (Å²) in [6, 6.07) is 3.64. The van der Waals surface area contributed by atoms with Crippen LogP contribution in [-0.4, -0.2) is 10.1 Å². The van der Waals surface area contributed by atoms with Gasteiger partial charge in [-0.1, -0.05) is 15.9 Å². The predicted octanol–water partition coefficient (Wildman–Crippen LogP) is 2.39. The van der Waals surface area contributed by atoms with Crippen molar-refractivity contribution >= 4 is 27.0 Å². The number of oxazole rings is 1. The molecule has 1 aromatic heterocycles. The average Bonchev–Trinajstić information content (AvgIpc) is 2.42. The van der Waals surface area contributed by atoms with Gasteiger partial charge >= 0.3 is 0 Å². The van der Waals surface area contributed by atoms with E-state index in [4.69, 9.17) is 9.52 Å². The van der Waals surface area contributed by atoms with Crippen molar-refractivity contribution < 1.29 is 9.52 Å². The Bertz CT molecular complexity index is 450. The molecule has 0 saturated carbocycles. The van der Waals surface area contributed by atoms with Gasteiger partial charge in [0.1, 0.15) is 5.52 Å². The Hall–Kier alpha value is -0.870. The van der Waals surface area contributed by atoms with Gasteiger partial charge in [0.05, 0.1) is 6.61 Å².